The van der Waals surface area contributed by atoms with Gasteiger partial charge in [0.2, 0.25) is 11.8 Å². The van der Waals surface area contributed by atoms with Gasteiger partial charge in [-0.15, -0.1) is 0 Å². The van der Waals surface area contributed by atoms with Gasteiger partial charge in [-0.2, -0.15) is 39.5 Å². The number of carbonyl (C=O) groups excluding carboxylic acids is 3. The number of non-ortho nitro benzene ring substituents is 1. The van der Waals surface area contributed by atoms with E-state index in [9.17, 15) is 64.0 Å². The highest BCUT2D eigenvalue weighted by molar-refractivity contribution is 6.12. The van der Waals surface area contributed by atoms with Crippen molar-refractivity contribution in [2.24, 2.45) is 0 Å². The molecule has 11 nitrogen and oxygen atoms in total. The second kappa shape index (κ2) is 24.9. The first kappa shape index (κ1) is 61.7. The fourth-order valence-electron chi connectivity index (χ4n) is 13.0. The highest BCUT2D eigenvalue weighted by Crippen LogP contribution is 2.53. The van der Waals surface area contributed by atoms with E-state index in [2.05, 4.69) is 16.0 Å². The molecule has 0 saturated carbocycles. The van der Waals surface area contributed by atoms with Crippen LogP contribution in [-0.2, 0) is 39.7 Å². The third-order valence-corrected chi connectivity index (χ3v) is 16.9. The highest BCUT2D eigenvalue weighted by Gasteiger charge is 2.51. The van der Waals surface area contributed by atoms with Crippen molar-refractivity contribution >= 4 is 50.9 Å². The summed E-state index contributed by atoms with van der Waals surface area (Å²) < 4.78 is 122. The van der Waals surface area contributed by atoms with Gasteiger partial charge in [0.05, 0.1) is 32.6 Å². The van der Waals surface area contributed by atoms with Gasteiger partial charge in [-0.3, -0.25) is 24.5 Å². The van der Waals surface area contributed by atoms with Gasteiger partial charge in [-0.25, -0.2) is 0 Å². The van der Waals surface area contributed by atoms with Crippen LogP contribution < -0.4 is 16.0 Å². The number of aromatic nitrogens is 2. The Labute approximate surface area is 510 Å². The maximum Gasteiger partial charge on any atom is 0.416 e. The van der Waals surface area contributed by atoms with Crippen molar-refractivity contribution in [3.8, 4) is 33.4 Å². The normalized spacial score (nSPS) is 13.6. The molecule has 90 heavy (non-hydrogen) atoms. The molecule has 8 aromatic carbocycles. The molecule has 3 amide bonds. The molecule has 0 bridgehead atoms. The van der Waals surface area contributed by atoms with Crippen LogP contribution >= 0.6 is 0 Å². The van der Waals surface area contributed by atoms with E-state index in [4.69, 9.17) is 0 Å². The monoisotopic (exact) mass is 1230 g/mol. The number of halogens is 9. The summed E-state index contributed by atoms with van der Waals surface area (Å²) in [6, 6.07) is 54.8. The fourth-order valence-corrected chi connectivity index (χ4v) is 13.0. The molecule has 2 heterocycles. The zero-order chi connectivity index (χ0) is 63.6. The van der Waals surface area contributed by atoms with Crippen molar-refractivity contribution in [2.45, 2.75) is 81.0 Å². The maximum absolute atomic E-state index is 13.8. The van der Waals surface area contributed by atoms with Gasteiger partial charge in [-0.05, 0) is 143 Å². The lowest BCUT2D eigenvalue weighted by molar-refractivity contribution is -0.383. The minimum absolute atomic E-state index is 0.0377. The Balaban J connectivity index is 0.000000197. The molecule has 0 atom stereocenters. The number of nitrogens with one attached hydrogen (secondary N) is 3. The van der Waals surface area contributed by atoms with Crippen LogP contribution in [0.15, 0.2) is 207 Å². The van der Waals surface area contributed by atoms with Gasteiger partial charge in [0, 0.05) is 42.5 Å². The molecule has 2 aliphatic rings. The summed E-state index contributed by atoms with van der Waals surface area (Å²) in [4.78, 5) is 51.9. The van der Waals surface area contributed by atoms with Crippen LogP contribution in [-0.4, -0.2) is 57.2 Å². The Hall–Kier alpha value is -9.98. The number of hydrogen-bond acceptors (Lipinski definition) is 5. The molecule has 2 aromatic heterocycles. The van der Waals surface area contributed by atoms with Crippen LogP contribution in [0.4, 0.5) is 50.9 Å². The predicted octanol–water partition coefficient (Wildman–Crippen LogP) is 16.8. The van der Waals surface area contributed by atoms with E-state index in [-0.39, 0.29) is 5.69 Å². The van der Waals surface area contributed by atoms with Crippen molar-refractivity contribution in [3.63, 3.8) is 0 Å². The van der Waals surface area contributed by atoms with Gasteiger partial charge < -0.3 is 25.1 Å². The quantitative estimate of drug-likeness (QED) is 0.0340. The van der Waals surface area contributed by atoms with Gasteiger partial charge in [0.25, 0.3) is 11.6 Å². The van der Waals surface area contributed by atoms with Crippen LogP contribution in [0, 0.1) is 10.1 Å². The molecular weight excluding hydrogens is 1180 g/mol. The van der Waals surface area contributed by atoms with Gasteiger partial charge in [0.15, 0.2) is 0 Å². The smallest absolute Gasteiger partial charge is 0.347 e. The SMILES string of the molecule is O=C(NCC(F)(F)F)C1(CCCCn2ccc3c([N+](=O)[O-])cccc32)c2ccccc2-c2ccccc21.O=C(Nc1cccc2c1ccn2CCCCC1(C(=O)NCC(F)(F)F)c2ccccc2-c2ccccc21)c1ccccc1-c1ccc(C(F)(F)F)cc1. The summed E-state index contributed by atoms with van der Waals surface area (Å²) in [6.07, 6.45) is -6.93. The number of nitro benzene ring substituents is 1. The fraction of sp³-hybridized carbons (Fsp3) is 0.214. The van der Waals surface area contributed by atoms with Crippen LogP contribution in [0.25, 0.3) is 55.2 Å². The lowest BCUT2D eigenvalue weighted by Gasteiger charge is -2.31. The molecule has 2 aliphatic carbocycles. The Morgan fingerprint density at radius 1 is 0.456 bits per heavy atom. The zero-order valence-corrected chi connectivity index (χ0v) is 48.0. The van der Waals surface area contributed by atoms with Crippen LogP contribution in [0.5, 0.6) is 0 Å². The number of alkyl halides is 9. The third-order valence-electron chi connectivity index (χ3n) is 16.9. The van der Waals surface area contributed by atoms with Crippen molar-refractivity contribution < 1.29 is 58.8 Å². The zero-order valence-electron chi connectivity index (χ0n) is 48.0. The van der Waals surface area contributed by atoms with Gasteiger partial charge in [0.1, 0.15) is 23.9 Å². The highest BCUT2D eigenvalue weighted by atomic mass is 19.4. The third kappa shape index (κ3) is 12.2. The number of carbonyl (C=O) groups is 3. The number of nitro groups is 1. The molecule has 0 unspecified atom stereocenters. The average Bonchev–Trinajstić information content (AvgIpc) is 1.57. The van der Waals surface area contributed by atoms with E-state index in [1.807, 2.05) is 112 Å². The lowest BCUT2D eigenvalue weighted by Crippen LogP contribution is -2.47. The topological polar surface area (TPSA) is 140 Å². The Kier molecular flexibility index (Phi) is 17.1. The van der Waals surface area contributed by atoms with E-state index < -0.39 is 70.7 Å². The lowest BCUT2D eigenvalue weighted by atomic mass is 9.73. The molecule has 0 aliphatic heterocycles. The molecule has 3 N–H and O–H groups in total. The first-order chi connectivity index (χ1) is 43.1. The number of hydrogen-bond donors (Lipinski definition) is 3. The minimum atomic E-state index is -4.56. The van der Waals surface area contributed by atoms with Crippen molar-refractivity contribution in [1.82, 2.24) is 19.8 Å². The number of unbranched alkanes of at least 4 members (excludes halogenated alkanes) is 2. The van der Waals surface area contributed by atoms with E-state index in [1.165, 1.54) is 18.2 Å². The molecule has 20 heteroatoms. The van der Waals surface area contributed by atoms with E-state index >= 15 is 0 Å². The summed E-state index contributed by atoms with van der Waals surface area (Å²) in [7, 11) is 0. The van der Waals surface area contributed by atoms with Gasteiger partial charge >= 0.3 is 18.5 Å². The minimum Gasteiger partial charge on any atom is -0.347 e. The second-order valence-electron chi connectivity index (χ2n) is 22.3. The average molecular weight is 1230 g/mol. The number of nitrogens with zero attached hydrogens (tertiary/aromatic N) is 3. The maximum atomic E-state index is 13.8. The molecule has 0 radical (unpaired) electrons. The molecule has 460 valence electrons. The van der Waals surface area contributed by atoms with Crippen LogP contribution in [0.1, 0.15) is 76.7 Å². The summed E-state index contributed by atoms with van der Waals surface area (Å²) in [5.74, 6) is -1.77. The largest absolute Gasteiger partial charge is 0.416 e. The van der Waals surface area contributed by atoms with Crippen LogP contribution in [0.2, 0.25) is 0 Å². The molecule has 0 fully saturated rings. The van der Waals surface area contributed by atoms with Crippen molar-refractivity contribution in [3.05, 3.63) is 250 Å². The summed E-state index contributed by atoms with van der Waals surface area (Å²) in [5, 5.41) is 19.9. The van der Waals surface area contributed by atoms with Gasteiger partial charge in [-0.1, -0.05) is 140 Å². The number of rotatable bonds is 18. The number of anilines is 1. The summed E-state index contributed by atoms with van der Waals surface area (Å²) >= 11 is 0. The Morgan fingerprint density at radius 2 is 0.867 bits per heavy atom. The summed E-state index contributed by atoms with van der Waals surface area (Å²) in [5.41, 5.74) is 6.27. The second-order valence-corrected chi connectivity index (χ2v) is 22.3. The van der Waals surface area contributed by atoms with Crippen LogP contribution in [0.3, 0.4) is 0 Å². The number of aryl methyl sites for hydroxylation is 2. The van der Waals surface area contributed by atoms with Crippen molar-refractivity contribution in [2.75, 3.05) is 18.4 Å². The van der Waals surface area contributed by atoms with Crippen molar-refractivity contribution in [1.29, 1.82) is 0 Å². The van der Waals surface area contributed by atoms with E-state index in [0.717, 1.165) is 50.8 Å². The number of amides is 3. The first-order valence-corrected chi connectivity index (χ1v) is 29.1. The Bertz CT molecular complexity index is 4250. The molecular formula is C70H57F9N6O5. The summed E-state index contributed by atoms with van der Waals surface area (Å²) in [6.45, 7) is -1.73. The van der Waals surface area contributed by atoms with E-state index in [1.54, 1.807) is 72.9 Å². The standard InChI is InChI=1S/C42H33F6N3O2.C28H24F3N3O3/c43-41(44,45)26-49-39(53)40(34-14-5-3-11-30(34)31-12-4-6-15-35(31)40)23-7-8-24-51-25-22-33-36(16-9-17-37(33)51)50-38(52)32-13-2-1-10-29(32)27-18-20-28(21-19-27)42(46,47)48;29-28(30,31)18-32-26(35)27(22-10-3-1-8-19(22)20-9-2-4-11-23(20)27)15-5-6-16-33-17-14-21-24(33)12-7-13-25(21)34(36)37/h1-6,9-22,25H,7-8,23-24,26H2,(H,49,53)(H,50,52);1-4,7-14,17H,5-6,15-16,18H2,(H,32,35). The molecule has 0 spiro atoms. The first-order valence-electron chi connectivity index (χ1n) is 29.1. The molecule has 12 rings (SSSR count). The molecule has 0 saturated heterocycles. The predicted molar refractivity (Wildman–Crippen MR) is 327 cm³/mol. The number of benzene rings is 8. The van der Waals surface area contributed by atoms with E-state index in [0.29, 0.717) is 102 Å². The number of fused-ring (bicyclic) bond motifs is 8. The molecule has 10 aromatic rings. The Morgan fingerprint density at radius 3 is 1.31 bits per heavy atom.